The van der Waals surface area contributed by atoms with E-state index in [0.717, 1.165) is 12.5 Å². The topological polar surface area (TPSA) is 63.2 Å². The number of esters is 1. The molecule has 0 aromatic rings. The average molecular weight is 411 g/mol. The van der Waals surface area contributed by atoms with Crippen LogP contribution < -0.4 is 0 Å². The van der Waals surface area contributed by atoms with Gasteiger partial charge in [0.2, 0.25) is 0 Å². The molecule has 0 unspecified atom stereocenters. The molecular formula is C14H34O6Si4. The van der Waals surface area contributed by atoms with Crippen molar-refractivity contribution in [2.45, 2.75) is 72.1 Å². The molecule has 0 atom stereocenters. The van der Waals surface area contributed by atoms with Crippen molar-refractivity contribution in [1.29, 1.82) is 0 Å². The molecule has 0 amide bonds. The predicted octanol–water partition coefficient (Wildman–Crippen LogP) is 3.83. The molecule has 6 nitrogen and oxygen atoms in total. The van der Waals surface area contributed by atoms with E-state index in [4.69, 9.17) is 21.2 Å². The summed E-state index contributed by atoms with van der Waals surface area (Å²) in [4.78, 5) is 11.6. The summed E-state index contributed by atoms with van der Waals surface area (Å²) >= 11 is 0. The number of hydrogen-bond donors (Lipinski definition) is 0. The highest BCUT2D eigenvalue weighted by Crippen LogP contribution is 2.32. The molecule has 0 aromatic carbocycles. The molecule has 1 rings (SSSR count). The van der Waals surface area contributed by atoms with Crippen LogP contribution in [0.25, 0.3) is 0 Å². The monoisotopic (exact) mass is 410 g/mol. The summed E-state index contributed by atoms with van der Waals surface area (Å²) in [6, 6.07) is 0.764. The van der Waals surface area contributed by atoms with Gasteiger partial charge in [0.1, 0.15) is 0 Å². The Morgan fingerprint density at radius 1 is 0.833 bits per heavy atom. The summed E-state index contributed by atoms with van der Waals surface area (Å²) in [5.41, 5.74) is 0. The first-order valence-corrected chi connectivity index (χ1v) is 19.6. The van der Waals surface area contributed by atoms with E-state index in [1.165, 1.54) is 0 Å². The lowest BCUT2D eigenvalue weighted by Crippen LogP contribution is -2.65. The van der Waals surface area contributed by atoms with E-state index in [2.05, 4.69) is 45.8 Å². The fourth-order valence-corrected chi connectivity index (χ4v) is 24.7. The molecule has 142 valence electrons. The van der Waals surface area contributed by atoms with Crippen LogP contribution in [0.15, 0.2) is 0 Å². The van der Waals surface area contributed by atoms with Gasteiger partial charge in [-0.3, -0.25) is 4.79 Å². The van der Waals surface area contributed by atoms with E-state index >= 15 is 0 Å². The third kappa shape index (κ3) is 7.60. The van der Waals surface area contributed by atoms with Gasteiger partial charge in [-0.1, -0.05) is 13.8 Å². The van der Waals surface area contributed by atoms with Crippen LogP contribution in [0.3, 0.4) is 0 Å². The van der Waals surface area contributed by atoms with Crippen molar-refractivity contribution in [3.8, 4) is 0 Å². The Labute approximate surface area is 151 Å². The molecule has 0 saturated carbocycles. The lowest BCUT2D eigenvalue weighted by atomic mass is 10.2. The average Bonchev–Trinajstić information content (AvgIpc) is 2.27. The fraction of sp³-hybridized carbons (Fsp3) is 0.929. The van der Waals surface area contributed by atoms with Crippen molar-refractivity contribution >= 4 is 40.2 Å². The summed E-state index contributed by atoms with van der Waals surface area (Å²) in [6.45, 7) is 18.5. The molecule has 1 aliphatic heterocycles. The van der Waals surface area contributed by atoms with Gasteiger partial charge in [0.15, 0.2) is 0 Å². The van der Waals surface area contributed by atoms with Crippen molar-refractivity contribution in [3.05, 3.63) is 0 Å². The molecule has 0 spiro atoms. The number of rotatable bonds is 5. The minimum Gasteiger partial charge on any atom is -0.465 e. The molecule has 0 N–H and O–H groups in total. The quantitative estimate of drug-likeness (QED) is 0.390. The lowest BCUT2D eigenvalue weighted by Gasteiger charge is -2.47. The van der Waals surface area contributed by atoms with E-state index in [-0.39, 0.29) is 11.9 Å². The van der Waals surface area contributed by atoms with Gasteiger partial charge in [0, 0.05) is 0 Å². The smallest absolute Gasteiger partial charge is 0.317 e. The van der Waals surface area contributed by atoms with Crippen LogP contribution in [0.4, 0.5) is 0 Å². The lowest BCUT2D eigenvalue weighted by molar-refractivity contribution is -0.147. The largest absolute Gasteiger partial charge is 0.465 e. The van der Waals surface area contributed by atoms with Crippen LogP contribution in [-0.2, 0) is 26.0 Å². The summed E-state index contributed by atoms with van der Waals surface area (Å²) < 4.78 is 30.8. The Kier molecular flexibility index (Phi) is 7.24. The molecule has 1 heterocycles. The highest BCUT2D eigenvalue weighted by atomic mass is 28.5. The van der Waals surface area contributed by atoms with E-state index in [1.807, 2.05) is 13.8 Å². The second-order valence-corrected chi connectivity index (χ2v) is 22.6. The van der Waals surface area contributed by atoms with Gasteiger partial charge in [-0.15, -0.1) is 0 Å². The third-order valence-electron chi connectivity index (χ3n) is 3.40. The normalized spacial score (nSPS) is 24.9. The summed E-state index contributed by atoms with van der Waals surface area (Å²) in [6.07, 6.45) is 0.733. The highest BCUT2D eigenvalue weighted by Gasteiger charge is 2.52. The number of carbonyl (C=O) groups is 1. The SMILES string of the molecule is CC(C)C(=O)OCCC[Si]1(C)O[Si](C)(C)O[Si](C)(C)O[Si](C)(C)O1. The Bertz CT molecular complexity index is 431. The number of ether oxygens (including phenoxy) is 1. The van der Waals surface area contributed by atoms with Gasteiger partial charge in [-0.05, 0) is 58.3 Å². The maximum Gasteiger partial charge on any atom is 0.317 e. The Balaban J connectivity index is 2.74. The van der Waals surface area contributed by atoms with Gasteiger partial charge in [-0.2, -0.15) is 0 Å². The van der Waals surface area contributed by atoms with Gasteiger partial charge >= 0.3 is 40.2 Å². The van der Waals surface area contributed by atoms with E-state index < -0.39 is 34.2 Å². The van der Waals surface area contributed by atoms with Crippen LogP contribution in [0.2, 0.25) is 51.9 Å². The zero-order valence-electron chi connectivity index (χ0n) is 16.6. The molecule has 10 heteroatoms. The first-order chi connectivity index (χ1) is 10.7. The molecule has 0 radical (unpaired) electrons. The van der Waals surface area contributed by atoms with Crippen LogP contribution in [-0.4, -0.2) is 46.8 Å². The minimum atomic E-state index is -2.45. The van der Waals surface area contributed by atoms with Gasteiger partial charge < -0.3 is 21.2 Å². The van der Waals surface area contributed by atoms with Crippen LogP contribution in [0.5, 0.6) is 0 Å². The van der Waals surface area contributed by atoms with Gasteiger partial charge in [0.05, 0.1) is 12.5 Å². The van der Waals surface area contributed by atoms with Crippen molar-refractivity contribution in [2.75, 3.05) is 6.61 Å². The van der Waals surface area contributed by atoms with Gasteiger partial charge in [0.25, 0.3) is 0 Å². The first-order valence-electron chi connectivity index (χ1n) is 8.63. The maximum atomic E-state index is 11.6. The van der Waals surface area contributed by atoms with Crippen molar-refractivity contribution in [3.63, 3.8) is 0 Å². The zero-order valence-corrected chi connectivity index (χ0v) is 20.6. The first kappa shape index (κ1) is 22.2. The van der Waals surface area contributed by atoms with Crippen LogP contribution in [0, 0.1) is 5.92 Å². The van der Waals surface area contributed by atoms with Crippen LogP contribution >= 0.6 is 0 Å². The van der Waals surface area contributed by atoms with Crippen molar-refractivity contribution in [1.82, 2.24) is 0 Å². The predicted molar refractivity (Wildman–Crippen MR) is 104 cm³/mol. The summed E-state index contributed by atoms with van der Waals surface area (Å²) in [5.74, 6) is -0.261. The zero-order chi connectivity index (χ0) is 18.8. The molecule has 24 heavy (non-hydrogen) atoms. The Morgan fingerprint density at radius 2 is 1.25 bits per heavy atom. The van der Waals surface area contributed by atoms with E-state index in [0.29, 0.717) is 6.61 Å². The Hall–Kier alpha value is 0.178. The minimum absolute atomic E-state index is 0.0987. The van der Waals surface area contributed by atoms with Gasteiger partial charge in [-0.25, -0.2) is 0 Å². The molecule has 1 fully saturated rings. The second kappa shape index (κ2) is 7.82. The van der Waals surface area contributed by atoms with Crippen LogP contribution in [0.1, 0.15) is 20.3 Å². The molecular weight excluding hydrogens is 376 g/mol. The summed E-state index contributed by atoms with van der Waals surface area (Å²) in [7, 11) is -9.33. The van der Waals surface area contributed by atoms with E-state index in [1.54, 1.807) is 0 Å². The molecule has 1 aliphatic rings. The molecule has 1 saturated heterocycles. The molecule has 0 aromatic heterocycles. The third-order valence-corrected chi connectivity index (χ3v) is 19.9. The number of carbonyl (C=O) groups excluding carboxylic acids is 1. The van der Waals surface area contributed by atoms with Crippen molar-refractivity contribution in [2.24, 2.45) is 5.92 Å². The Morgan fingerprint density at radius 3 is 1.67 bits per heavy atom. The van der Waals surface area contributed by atoms with Crippen molar-refractivity contribution < 1.29 is 26.0 Å². The highest BCUT2D eigenvalue weighted by molar-refractivity contribution is 6.93. The standard InChI is InChI=1S/C14H34O6Si4/c1-13(2)14(15)16-11-10-12-24(9)19-22(5,6)17-21(3,4)18-23(7,8)20-24/h13H,10-12H2,1-9H3. The maximum absolute atomic E-state index is 11.6. The second-order valence-electron chi connectivity index (χ2n) is 8.17. The fourth-order valence-electron chi connectivity index (χ4n) is 3.14. The molecule has 0 aliphatic carbocycles. The number of hydrogen-bond acceptors (Lipinski definition) is 6. The summed E-state index contributed by atoms with van der Waals surface area (Å²) in [5, 5.41) is 0. The van der Waals surface area contributed by atoms with E-state index in [9.17, 15) is 4.79 Å². The molecule has 0 bridgehead atoms.